The number of pyridine rings is 1. The van der Waals surface area contributed by atoms with E-state index in [0.29, 0.717) is 11.7 Å². The molecule has 15 heavy (non-hydrogen) atoms. The van der Waals surface area contributed by atoms with Crippen molar-refractivity contribution in [1.29, 1.82) is 0 Å². The highest BCUT2D eigenvalue weighted by molar-refractivity contribution is 5.70. The van der Waals surface area contributed by atoms with E-state index in [1.807, 2.05) is 30.5 Å². The van der Waals surface area contributed by atoms with Gasteiger partial charge in [-0.3, -0.25) is 9.55 Å². The first kappa shape index (κ1) is 9.96. The van der Waals surface area contributed by atoms with E-state index in [1.54, 1.807) is 6.20 Å². The summed E-state index contributed by atoms with van der Waals surface area (Å²) in [6.07, 6.45) is 3.92. The molecule has 0 aromatic carbocycles. The molecule has 1 aliphatic carbocycles. The van der Waals surface area contributed by atoms with Crippen molar-refractivity contribution < 1.29 is 0 Å². The molecule has 0 saturated heterocycles. The summed E-state index contributed by atoms with van der Waals surface area (Å²) in [6, 6.07) is 4.19. The molecule has 2 aromatic rings. The monoisotopic (exact) mass is 205 g/mol. The van der Waals surface area contributed by atoms with E-state index in [2.05, 4.69) is 9.97 Å². The van der Waals surface area contributed by atoms with Crippen LogP contribution < -0.4 is 5.69 Å². The van der Waals surface area contributed by atoms with Gasteiger partial charge in [0.05, 0.1) is 5.52 Å². The molecule has 1 aliphatic rings. The van der Waals surface area contributed by atoms with Crippen molar-refractivity contribution in [1.82, 2.24) is 14.5 Å². The van der Waals surface area contributed by atoms with Crippen molar-refractivity contribution in [2.24, 2.45) is 0 Å². The van der Waals surface area contributed by atoms with Crippen LogP contribution in [0.25, 0.3) is 11.2 Å². The Labute approximate surface area is 88.0 Å². The van der Waals surface area contributed by atoms with Gasteiger partial charge in [-0.1, -0.05) is 13.8 Å². The molecule has 80 valence electrons. The van der Waals surface area contributed by atoms with Gasteiger partial charge in [0.15, 0.2) is 5.65 Å². The maximum atomic E-state index is 11.5. The van der Waals surface area contributed by atoms with Gasteiger partial charge in [0.1, 0.15) is 0 Å². The van der Waals surface area contributed by atoms with Crippen molar-refractivity contribution in [3.63, 3.8) is 0 Å². The van der Waals surface area contributed by atoms with Gasteiger partial charge in [-0.05, 0) is 25.0 Å². The number of hydrogen-bond donors (Lipinski definition) is 1. The lowest BCUT2D eigenvalue weighted by atomic mass is 10.4. The second-order valence-corrected chi connectivity index (χ2v) is 3.40. The Morgan fingerprint density at radius 1 is 1.47 bits per heavy atom. The van der Waals surface area contributed by atoms with Gasteiger partial charge >= 0.3 is 5.69 Å². The van der Waals surface area contributed by atoms with Crippen LogP contribution in [0.5, 0.6) is 0 Å². The van der Waals surface area contributed by atoms with Gasteiger partial charge in [0, 0.05) is 12.2 Å². The molecular weight excluding hydrogens is 190 g/mol. The minimum absolute atomic E-state index is 0.0313. The lowest BCUT2D eigenvalue weighted by Gasteiger charge is -1.96. The summed E-state index contributed by atoms with van der Waals surface area (Å²) in [7, 11) is 0. The second-order valence-electron chi connectivity index (χ2n) is 3.40. The topological polar surface area (TPSA) is 50.7 Å². The summed E-state index contributed by atoms with van der Waals surface area (Å²) < 4.78 is 1.81. The van der Waals surface area contributed by atoms with Crippen molar-refractivity contribution >= 4 is 11.2 Å². The first-order chi connectivity index (χ1) is 7.36. The normalized spacial score (nSPS) is 14.8. The van der Waals surface area contributed by atoms with Crippen LogP contribution in [0.1, 0.15) is 32.7 Å². The van der Waals surface area contributed by atoms with Crippen LogP contribution in [0.3, 0.4) is 0 Å². The smallest absolute Gasteiger partial charge is 0.290 e. The molecule has 3 rings (SSSR count). The second kappa shape index (κ2) is 3.88. The Morgan fingerprint density at radius 3 is 2.87 bits per heavy atom. The first-order valence-corrected chi connectivity index (χ1v) is 5.41. The van der Waals surface area contributed by atoms with Crippen molar-refractivity contribution in [3.8, 4) is 0 Å². The standard InChI is InChI=1S/C9H9N3O.C2H6/c13-9-11-8-7(2-1-5-10-8)12(9)6-3-4-6;1-2/h1-2,5-6H,3-4H2,(H,10,11,13);1-2H3. The maximum absolute atomic E-state index is 11.5. The number of rotatable bonds is 1. The quantitative estimate of drug-likeness (QED) is 0.775. The molecule has 1 N–H and O–H groups in total. The van der Waals surface area contributed by atoms with E-state index in [0.717, 1.165) is 18.4 Å². The largest absolute Gasteiger partial charge is 0.327 e. The predicted molar refractivity (Wildman–Crippen MR) is 60.0 cm³/mol. The number of aromatic nitrogens is 3. The molecule has 0 atom stereocenters. The minimum Gasteiger partial charge on any atom is -0.290 e. The molecular formula is C11H15N3O. The fourth-order valence-corrected chi connectivity index (χ4v) is 1.65. The molecule has 0 radical (unpaired) electrons. The third-order valence-electron chi connectivity index (χ3n) is 2.40. The molecule has 1 fully saturated rings. The van der Waals surface area contributed by atoms with E-state index < -0.39 is 0 Å². The minimum atomic E-state index is -0.0313. The van der Waals surface area contributed by atoms with E-state index in [9.17, 15) is 4.79 Å². The van der Waals surface area contributed by atoms with Crippen LogP contribution in [-0.2, 0) is 0 Å². The summed E-state index contributed by atoms with van der Waals surface area (Å²) >= 11 is 0. The lowest BCUT2D eigenvalue weighted by molar-refractivity contribution is 0.733. The third-order valence-corrected chi connectivity index (χ3v) is 2.40. The molecule has 4 nitrogen and oxygen atoms in total. The molecule has 0 unspecified atom stereocenters. The molecule has 1 saturated carbocycles. The zero-order valence-corrected chi connectivity index (χ0v) is 9.03. The number of aromatic amines is 1. The third kappa shape index (κ3) is 1.67. The molecule has 4 heteroatoms. The van der Waals surface area contributed by atoms with E-state index in [1.165, 1.54) is 0 Å². The van der Waals surface area contributed by atoms with Gasteiger partial charge in [0.2, 0.25) is 0 Å². The van der Waals surface area contributed by atoms with Crippen molar-refractivity contribution in [2.75, 3.05) is 0 Å². The highest BCUT2D eigenvalue weighted by atomic mass is 16.1. The summed E-state index contributed by atoms with van der Waals surface area (Å²) in [5.41, 5.74) is 1.59. The fourth-order valence-electron chi connectivity index (χ4n) is 1.65. The number of hydrogen-bond acceptors (Lipinski definition) is 2. The van der Waals surface area contributed by atoms with Crippen LogP contribution >= 0.6 is 0 Å². The number of H-pyrrole nitrogens is 1. The van der Waals surface area contributed by atoms with Crippen LogP contribution in [0.4, 0.5) is 0 Å². The van der Waals surface area contributed by atoms with Gasteiger partial charge < -0.3 is 0 Å². The van der Waals surface area contributed by atoms with Crippen LogP contribution in [-0.4, -0.2) is 14.5 Å². The summed E-state index contributed by atoms with van der Waals surface area (Å²) in [4.78, 5) is 18.3. The van der Waals surface area contributed by atoms with E-state index >= 15 is 0 Å². The number of fused-ring (bicyclic) bond motifs is 1. The predicted octanol–water partition coefficient (Wildman–Crippen LogP) is 2.09. The summed E-state index contributed by atoms with van der Waals surface area (Å²) in [6.45, 7) is 4.00. The molecule has 0 bridgehead atoms. The van der Waals surface area contributed by atoms with Gasteiger partial charge in [0.25, 0.3) is 0 Å². The first-order valence-electron chi connectivity index (χ1n) is 5.41. The Balaban J connectivity index is 0.000000404. The highest BCUT2D eigenvalue weighted by Gasteiger charge is 2.27. The van der Waals surface area contributed by atoms with Gasteiger partial charge in [-0.15, -0.1) is 0 Å². The van der Waals surface area contributed by atoms with Gasteiger partial charge in [-0.25, -0.2) is 9.78 Å². The zero-order chi connectivity index (χ0) is 10.8. The van der Waals surface area contributed by atoms with Crippen molar-refractivity contribution in [2.45, 2.75) is 32.7 Å². The Morgan fingerprint density at radius 2 is 2.20 bits per heavy atom. The summed E-state index contributed by atoms with van der Waals surface area (Å²) in [5, 5.41) is 0. The number of imidazole rings is 1. The Bertz CT molecular complexity index is 508. The number of nitrogens with zero attached hydrogens (tertiary/aromatic N) is 2. The molecule has 0 amide bonds. The molecule has 2 aromatic heterocycles. The van der Waals surface area contributed by atoms with Crippen LogP contribution in [0.2, 0.25) is 0 Å². The highest BCUT2D eigenvalue weighted by Crippen LogP contribution is 2.35. The molecule has 0 aliphatic heterocycles. The fraction of sp³-hybridized carbons (Fsp3) is 0.455. The zero-order valence-electron chi connectivity index (χ0n) is 9.03. The number of nitrogens with one attached hydrogen (secondary N) is 1. The van der Waals surface area contributed by atoms with Crippen molar-refractivity contribution in [3.05, 3.63) is 28.8 Å². The molecule has 0 spiro atoms. The lowest BCUT2D eigenvalue weighted by Crippen LogP contribution is -2.14. The van der Waals surface area contributed by atoms with Crippen LogP contribution in [0, 0.1) is 0 Å². The van der Waals surface area contributed by atoms with E-state index in [4.69, 9.17) is 0 Å². The van der Waals surface area contributed by atoms with E-state index in [-0.39, 0.29) is 5.69 Å². The maximum Gasteiger partial charge on any atom is 0.327 e. The van der Waals surface area contributed by atoms with Crippen LogP contribution in [0.15, 0.2) is 23.1 Å². The average molecular weight is 205 g/mol. The SMILES string of the molecule is CC.O=c1[nH]c2ncccc2n1C1CC1. The van der Waals surface area contributed by atoms with Gasteiger partial charge in [-0.2, -0.15) is 0 Å². The summed E-state index contributed by atoms with van der Waals surface area (Å²) in [5.74, 6) is 0. The Kier molecular flexibility index (Phi) is 2.58. The molecule has 2 heterocycles. The Hall–Kier alpha value is -1.58. The average Bonchev–Trinajstić information content (AvgIpc) is 3.04.